The van der Waals surface area contributed by atoms with E-state index in [0.717, 1.165) is 18.8 Å². The Morgan fingerprint density at radius 3 is 2.72 bits per heavy atom. The number of ether oxygens (including phenoxy) is 2. The number of methoxy groups -OCH3 is 1. The van der Waals surface area contributed by atoms with Gasteiger partial charge in [-0.05, 0) is 12.3 Å². The summed E-state index contributed by atoms with van der Waals surface area (Å²) in [5, 5.41) is 3.27. The third kappa shape index (κ3) is 5.31. The third-order valence-corrected chi connectivity index (χ3v) is 2.17. The van der Waals surface area contributed by atoms with Crippen molar-refractivity contribution in [3.05, 3.63) is 11.9 Å². The lowest BCUT2D eigenvalue weighted by atomic mass is 10.2. The van der Waals surface area contributed by atoms with E-state index in [9.17, 15) is 0 Å². The van der Waals surface area contributed by atoms with E-state index in [1.165, 1.54) is 0 Å². The summed E-state index contributed by atoms with van der Waals surface area (Å²) in [4.78, 5) is 8.67. The predicted octanol–water partition coefficient (Wildman–Crippen LogP) is 2.48. The average molecular weight is 253 g/mol. The number of nitrogens with zero attached hydrogens (tertiary/aromatic N) is 2. The van der Waals surface area contributed by atoms with Crippen molar-refractivity contribution in [3.8, 4) is 5.88 Å². The zero-order valence-corrected chi connectivity index (χ0v) is 11.7. The van der Waals surface area contributed by atoms with E-state index in [2.05, 4.69) is 36.1 Å². The number of hydrogen-bond donors (Lipinski definition) is 1. The van der Waals surface area contributed by atoms with Crippen LogP contribution in [0.1, 0.15) is 33.0 Å². The molecule has 0 atom stereocenters. The van der Waals surface area contributed by atoms with Crippen LogP contribution in [-0.4, -0.2) is 30.2 Å². The summed E-state index contributed by atoms with van der Waals surface area (Å²) in [7, 11) is 1.63. The number of aromatic nitrogens is 2. The maximum Gasteiger partial charge on any atom is 0.218 e. The Bertz CT molecular complexity index is 356. The predicted molar refractivity (Wildman–Crippen MR) is 71.9 cm³/mol. The Hall–Kier alpha value is -1.36. The Labute approximate surface area is 109 Å². The van der Waals surface area contributed by atoms with E-state index in [-0.39, 0.29) is 0 Å². The highest BCUT2D eigenvalue weighted by molar-refractivity contribution is 5.38. The molecule has 1 N–H and O–H groups in total. The third-order valence-electron chi connectivity index (χ3n) is 2.17. The van der Waals surface area contributed by atoms with Crippen LogP contribution in [0, 0.1) is 5.92 Å². The molecular weight excluding hydrogens is 230 g/mol. The molecule has 0 aliphatic rings. The van der Waals surface area contributed by atoms with Gasteiger partial charge in [-0.1, -0.05) is 20.8 Å². The molecule has 18 heavy (non-hydrogen) atoms. The fraction of sp³-hybridized carbons (Fsp3) is 0.692. The zero-order valence-electron chi connectivity index (χ0n) is 11.7. The molecule has 1 rings (SSSR count). The molecular formula is C13H23N3O2. The molecule has 0 unspecified atom stereocenters. The van der Waals surface area contributed by atoms with Crippen LogP contribution < -0.4 is 10.1 Å². The van der Waals surface area contributed by atoms with Gasteiger partial charge in [-0.3, -0.25) is 0 Å². The van der Waals surface area contributed by atoms with Crippen molar-refractivity contribution in [1.29, 1.82) is 0 Å². The van der Waals surface area contributed by atoms with Gasteiger partial charge < -0.3 is 14.8 Å². The van der Waals surface area contributed by atoms with Crippen molar-refractivity contribution in [2.45, 2.75) is 33.8 Å². The Morgan fingerprint density at radius 1 is 1.33 bits per heavy atom. The molecule has 1 aromatic rings. The lowest BCUT2D eigenvalue weighted by Crippen LogP contribution is -2.11. The molecule has 1 heterocycles. The first-order valence-electron chi connectivity index (χ1n) is 6.39. The van der Waals surface area contributed by atoms with Crippen LogP contribution in [-0.2, 0) is 11.3 Å². The summed E-state index contributed by atoms with van der Waals surface area (Å²) < 4.78 is 10.6. The molecule has 0 bridgehead atoms. The van der Waals surface area contributed by atoms with E-state index >= 15 is 0 Å². The van der Waals surface area contributed by atoms with Gasteiger partial charge in [0.15, 0.2) is 5.82 Å². The maximum absolute atomic E-state index is 5.54. The molecule has 0 aliphatic heterocycles. The summed E-state index contributed by atoms with van der Waals surface area (Å²) in [6.45, 7) is 8.29. The van der Waals surface area contributed by atoms with Gasteiger partial charge >= 0.3 is 0 Å². The SMILES string of the molecule is CCCOc1cc(NCC(C)C)nc(COC)n1. The first kappa shape index (κ1) is 14.7. The second kappa shape index (κ2) is 7.87. The smallest absolute Gasteiger partial charge is 0.218 e. The summed E-state index contributed by atoms with van der Waals surface area (Å²) in [6.07, 6.45) is 0.957. The molecule has 0 saturated heterocycles. The zero-order chi connectivity index (χ0) is 13.4. The van der Waals surface area contributed by atoms with Gasteiger partial charge in [0.05, 0.1) is 6.61 Å². The minimum absolute atomic E-state index is 0.389. The highest BCUT2D eigenvalue weighted by atomic mass is 16.5. The van der Waals surface area contributed by atoms with Crippen LogP contribution >= 0.6 is 0 Å². The molecule has 0 fully saturated rings. The highest BCUT2D eigenvalue weighted by Crippen LogP contribution is 2.14. The first-order valence-corrected chi connectivity index (χ1v) is 6.39. The quantitative estimate of drug-likeness (QED) is 0.771. The van der Waals surface area contributed by atoms with E-state index in [0.29, 0.717) is 30.8 Å². The second-order valence-corrected chi connectivity index (χ2v) is 4.56. The maximum atomic E-state index is 5.54. The van der Waals surface area contributed by atoms with Gasteiger partial charge in [-0.2, -0.15) is 4.98 Å². The molecule has 5 heteroatoms. The van der Waals surface area contributed by atoms with E-state index in [4.69, 9.17) is 9.47 Å². The lowest BCUT2D eigenvalue weighted by Gasteiger charge is -2.11. The summed E-state index contributed by atoms with van der Waals surface area (Å²) in [6, 6.07) is 1.83. The van der Waals surface area contributed by atoms with Crippen molar-refractivity contribution >= 4 is 5.82 Å². The molecule has 0 aromatic carbocycles. The molecule has 0 radical (unpaired) electrons. The summed E-state index contributed by atoms with van der Waals surface area (Å²) in [5.74, 6) is 2.59. The number of nitrogens with one attached hydrogen (secondary N) is 1. The minimum atomic E-state index is 0.389. The standard InChI is InChI=1S/C13H23N3O2/c1-5-6-18-13-7-11(14-8-10(2)3)15-12(16-13)9-17-4/h7,10H,5-6,8-9H2,1-4H3,(H,14,15,16). The molecule has 0 amide bonds. The number of rotatable bonds is 8. The number of anilines is 1. The summed E-state index contributed by atoms with van der Waals surface area (Å²) in [5.41, 5.74) is 0. The molecule has 1 aromatic heterocycles. The van der Waals surface area contributed by atoms with E-state index in [1.807, 2.05) is 6.07 Å². The average Bonchev–Trinajstić information content (AvgIpc) is 2.34. The molecule has 0 saturated carbocycles. The monoisotopic (exact) mass is 253 g/mol. The van der Waals surface area contributed by atoms with Crippen LogP contribution in [0.5, 0.6) is 5.88 Å². The van der Waals surface area contributed by atoms with E-state index < -0.39 is 0 Å². The van der Waals surface area contributed by atoms with Crippen LogP contribution in [0.25, 0.3) is 0 Å². The van der Waals surface area contributed by atoms with Crippen molar-refractivity contribution in [2.75, 3.05) is 25.6 Å². The largest absolute Gasteiger partial charge is 0.478 e. The topological polar surface area (TPSA) is 56.3 Å². The van der Waals surface area contributed by atoms with Gasteiger partial charge in [-0.15, -0.1) is 0 Å². The van der Waals surface area contributed by atoms with Crippen LogP contribution in [0.3, 0.4) is 0 Å². The van der Waals surface area contributed by atoms with Crippen LogP contribution in [0.2, 0.25) is 0 Å². The van der Waals surface area contributed by atoms with Gasteiger partial charge in [0.2, 0.25) is 5.88 Å². The van der Waals surface area contributed by atoms with E-state index in [1.54, 1.807) is 7.11 Å². The fourth-order valence-electron chi connectivity index (χ4n) is 1.35. The minimum Gasteiger partial charge on any atom is -0.478 e. The molecule has 0 spiro atoms. The first-order chi connectivity index (χ1) is 8.65. The fourth-order valence-corrected chi connectivity index (χ4v) is 1.35. The van der Waals surface area contributed by atoms with Crippen molar-refractivity contribution in [2.24, 2.45) is 5.92 Å². The lowest BCUT2D eigenvalue weighted by molar-refractivity contribution is 0.176. The molecule has 5 nitrogen and oxygen atoms in total. The Balaban J connectivity index is 2.76. The summed E-state index contributed by atoms with van der Waals surface area (Å²) >= 11 is 0. The van der Waals surface area contributed by atoms with Crippen molar-refractivity contribution in [3.63, 3.8) is 0 Å². The molecule has 0 aliphatic carbocycles. The normalized spacial score (nSPS) is 10.7. The van der Waals surface area contributed by atoms with Gasteiger partial charge in [-0.25, -0.2) is 4.98 Å². The van der Waals surface area contributed by atoms with Crippen molar-refractivity contribution < 1.29 is 9.47 Å². The van der Waals surface area contributed by atoms with Gasteiger partial charge in [0, 0.05) is 19.7 Å². The highest BCUT2D eigenvalue weighted by Gasteiger charge is 2.06. The molecule has 102 valence electrons. The van der Waals surface area contributed by atoms with Crippen molar-refractivity contribution in [1.82, 2.24) is 9.97 Å². The Morgan fingerprint density at radius 2 is 2.11 bits per heavy atom. The van der Waals surface area contributed by atoms with Crippen LogP contribution in [0.15, 0.2) is 6.07 Å². The second-order valence-electron chi connectivity index (χ2n) is 4.56. The van der Waals surface area contributed by atoms with Crippen LogP contribution in [0.4, 0.5) is 5.82 Å². The number of hydrogen-bond acceptors (Lipinski definition) is 5. The van der Waals surface area contributed by atoms with Gasteiger partial charge in [0.1, 0.15) is 12.4 Å². The van der Waals surface area contributed by atoms with Gasteiger partial charge in [0.25, 0.3) is 0 Å². The Kier molecular flexibility index (Phi) is 6.43.